The van der Waals surface area contributed by atoms with E-state index in [1.165, 1.54) is 0 Å². The summed E-state index contributed by atoms with van der Waals surface area (Å²) < 4.78 is 0. The first-order chi connectivity index (χ1) is 8.41. The van der Waals surface area contributed by atoms with Crippen LogP contribution in [-0.2, 0) is 0 Å². The molecule has 2 aromatic carbocycles. The first-order valence-corrected chi connectivity index (χ1v) is 6.62. The molecular formula is C13H9Cl4N. The summed E-state index contributed by atoms with van der Waals surface area (Å²) in [5.41, 5.74) is 8.93. The second-order valence-electron chi connectivity index (χ2n) is 3.92. The molecule has 0 aliphatic heterocycles. The van der Waals surface area contributed by atoms with Crippen LogP contribution in [-0.4, -0.2) is 0 Å². The maximum atomic E-state index is 6.22. The summed E-state index contributed by atoms with van der Waals surface area (Å²) in [6, 6.07) is 7.09. The summed E-state index contributed by atoms with van der Waals surface area (Å²) in [7, 11) is 0. The number of hydrogen-bond donors (Lipinski definition) is 1. The van der Waals surface area contributed by atoms with Crippen LogP contribution in [0.3, 0.4) is 0 Å². The van der Waals surface area contributed by atoms with Gasteiger partial charge in [0.2, 0.25) is 0 Å². The van der Waals surface area contributed by atoms with Gasteiger partial charge >= 0.3 is 0 Å². The highest BCUT2D eigenvalue weighted by Crippen LogP contribution is 2.44. The highest BCUT2D eigenvalue weighted by atomic mass is 35.5. The zero-order valence-electron chi connectivity index (χ0n) is 9.40. The van der Waals surface area contributed by atoms with Crippen molar-refractivity contribution in [2.75, 3.05) is 5.73 Å². The fraction of sp³-hybridized carbons (Fsp3) is 0.0769. The van der Waals surface area contributed by atoms with Gasteiger partial charge in [-0.05, 0) is 36.2 Å². The first kappa shape index (κ1) is 13.8. The lowest BCUT2D eigenvalue weighted by molar-refractivity contribution is 1.46. The quantitative estimate of drug-likeness (QED) is 0.397. The van der Waals surface area contributed by atoms with Gasteiger partial charge in [0.15, 0.2) is 0 Å². The van der Waals surface area contributed by atoms with Crippen LogP contribution in [0.4, 0.5) is 5.69 Å². The van der Waals surface area contributed by atoms with E-state index in [4.69, 9.17) is 52.1 Å². The molecule has 0 saturated carbocycles. The number of anilines is 1. The molecule has 0 aliphatic carbocycles. The van der Waals surface area contributed by atoms with Crippen LogP contribution in [0.5, 0.6) is 0 Å². The predicted octanol–water partition coefficient (Wildman–Crippen LogP) is 5.86. The first-order valence-electron chi connectivity index (χ1n) is 5.11. The number of nitrogens with two attached hydrogens (primary N) is 1. The molecule has 0 spiro atoms. The molecule has 94 valence electrons. The van der Waals surface area contributed by atoms with Crippen molar-refractivity contribution in [2.45, 2.75) is 6.92 Å². The lowest BCUT2D eigenvalue weighted by Crippen LogP contribution is -1.91. The SMILES string of the molecule is Cc1cc(N)ccc1-c1c(Cl)cc(Cl)c(Cl)c1Cl. The third-order valence-corrected chi connectivity index (χ3v) is 4.19. The Morgan fingerprint density at radius 1 is 0.889 bits per heavy atom. The minimum Gasteiger partial charge on any atom is -0.399 e. The molecule has 0 bridgehead atoms. The Morgan fingerprint density at radius 3 is 2.17 bits per heavy atom. The number of halogens is 4. The Morgan fingerprint density at radius 2 is 1.56 bits per heavy atom. The van der Waals surface area contributed by atoms with Crippen LogP contribution < -0.4 is 5.73 Å². The van der Waals surface area contributed by atoms with Gasteiger partial charge in [-0.2, -0.15) is 0 Å². The molecule has 0 aromatic heterocycles. The summed E-state index contributed by atoms with van der Waals surface area (Å²) in [5, 5.41) is 1.45. The monoisotopic (exact) mass is 319 g/mol. The number of benzene rings is 2. The van der Waals surface area contributed by atoms with E-state index in [0.29, 0.717) is 31.3 Å². The Balaban J connectivity index is 2.75. The fourth-order valence-electron chi connectivity index (χ4n) is 1.78. The van der Waals surface area contributed by atoms with E-state index in [1.54, 1.807) is 12.1 Å². The van der Waals surface area contributed by atoms with Crippen molar-refractivity contribution in [3.8, 4) is 11.1 Å². The zero-order chi connectivity index (χ0) is 13.4. The molecule has 2 rings (SSSR count). The lowest BCUT2D eigenvalue weighted by Gasteiger charge is -2.13. The van der Waals surface area contributed by atoms with Gasteiger partial charge in [0.05, 0.1) is 20.1 Å². The maximum Gasteiger partial charge on any atom is 0.0785 e. The number of aryl methyl sites for hydroxylation is 1. The van der Waals surface area contributed by atoms with Crippen LogP contribution >= 0.6 is 46.4 Å². The Bertz CT molecular complexity index is 623. The predicted molar refractivity (Wildman–Crippen MR) is 81.1 cm³/mol. The number of nitrogen functional groups attached to an aromatic ring is 1. The van der Waals surface area contributed by atoms with Gasteiger partial charge in [0.25, 0.3) is 0 Å². The molecule has 0 unspecified atom stereocenters. The van der Waals surface area contributed by atoms with Gasteiger partial charge < -0.3 is 5.73 Å². The second kappa shape index (κ2) is 5.18. The maximum absolute atomic E-state index is 6.22. The topological polar surface area (TPSA) is 26.0 Å². The van der Waals surface area contributed by atoms with Crippen molar-refractivity contribution in [3.63, 3.8) is 0 Å². The van der Waals surface area contributed by atoms with Crippen LogP contribution in [0.15, 0.2) is 24.3 Å². The Hall–Kier alpha value is -0.600. The standard InChI is InChI=1S/C13H9Cl4N/c1-6-4-7(18)2-3-8(6)11-9(14)5-10(15)12(16)13(11)17/h2-5H,18H2,1H3. The van der Waals surface area contributed by atoms with Gasteiger partial charge in [-0.25, -0.2) is 0 Å². The van der Waals surface area contributed by atoms with Crippen molar-refractivity contribution in [1.29, 1.82) is 0 Å². The Labute approximate surface area is 125 Å². The number of rotatable bonds is 1. The van der Waals surface area contributed by atoms with E-state index >= 15 is 0 Å². The number of hydrogen-bond acceptors (Lipinski definition) is 1. The molecule has 1 nitrogen and oxygen atoms in total. The van der Waals surface area contributed by atoms with Gasteiger partial charge in [0.1, 0.15) is 0 Å². The summed E-state index contributed by atoms with van der Waals surface area (Å²) in [6.45, 7) is 1.93. The van der Waals surface area contributed by atoms with E-state index in [-0.39, 0.29) is 0 Å². The summed E-state index contributed by atoms with van der Waals surface area (Å²) in [6.07, 6.45) is 0. The summed E-state index contributed by atoms with van der Waals surface area (Å²) in [5.74, 6) is 0. The molecule has 0 radical (unpaired) electrons. The minimum atomic E-state index is 0.300. The van der Waals surface area contributed by atoms with Crippen LogP contribution in [0.25, 0.3) is 11.1 Å². The second-order valence-corrected chi connectivity index (χ2v) is 5.49. The van der Waals surface area contributed by atoms with E-state index in [2.05, 4.69) is 0 Å². The minimum absolute atomic E-state index is 0.300. The van der Waals surface area contributed by atoms with Gasteiger partial charge in [0, 0.05) is 11.3 Å². The lowest BCUT2D eigenvalue weighted by atomic mass is 10.00. The Kier molecular flexibility index (Phi) is 3.98. The van der Waals surface area contributed by atoms with Crippen molar-refractivity contribution >= 4 is 52.1 Å². The highest BCUT2D eigenvalue weighted by molar-refractivity contribution is 6.51. The van der Waals surface area contributed by atoms with E-state index in [0.717, 1.165) is 11.1 Å². The average molecular weight is 321 g/mol. The van der Waals surface area contributed by atoms with Crippen molar-refractivity contribution < 1.29 is 0 Å². The van der Waals surface area contributed by atoms with Crippen LogP contribution in [0.2, 0.25) is 20.1 Å². The molecule has 5 heteroatoms. The molecule has 0 amide bonds. The van der Waals surface area contributed by atoms with Crippen molar-refractivity contribution in [3.05, 3.63) is 49.9 Å². The summed E-state index contributed by atoms with van der Waals surface area (Å²) in [4.78, 5) is 0. The molecule has 0 fully saturated rings. The third kappa shape index (κ3) is 2.41. The van der Waals surface area contributed by atoms with Gasteiger partial charge in [-0.3, -0.25) is 0 Å². The molecule has 2 N–H and O–H groups in total. The zero-order valence-corrected chi connectivity index (χ0v) is 12.4. The van der Waals surface area contributed by atoms with Crippen LogP contribution in [0, 0.1) is 6.92 Å². The molecule has 2 aromatic rings. The van der Waals surface area contributed by atoms with E-state index in [1.807, 2.05) is 19.1 Å². The average Bonchev–Trinajstić information content (AvgIpc) is 2.29. The molecule has 0 aliphatic rings. The van der Waals surface area contributed by atoms with E-state index < -0.39 is 0 Å². The molecule has 18 heavy (non-hydrogen) atoms. The molecule has 0 heterocycles. The largest absolute Gasteiger partial charge is 0.399 e. The van der Waals surface area contributed by atoms with Gasteiger partial charge in [-0.1, -0.05) is 52.5 Å². The van der Waals surface area contributed by atoms with Crippen molar-refractivity contribution in [1.82, 2.24) is 0 Å². The normalized spacial score (nSPS) is 10.7. The smallest absolute Gasteiger partial charge is 0.0785 e. The molecule has 0 saturated heterocycles. The van der Waals surface area contributed by atoms with E-state index in [9.17, 15) is 0 Å². The molecular weight excluding hydrogens is 312 g/mol. The fourth-order valence-corrected chi connectivity index (χ4v) is 2.90. The highest BCUT2D eigenvalue weighted by Gasteiger charge is 2.16. The van der Waals surface area contributed by atoms with Crippen LogP contribution in [0.1, 0.15) is 5.56 Å². The van der Waals surface area contributed by atoms with Crippen molar-refractivity contribution in [2.24, 2.45) is 0 Å². The molecule has 0 atom stereocenters. The third-order valence-electron chi connectivity index (χ3n) is 2.63. The van der Waals surface area contributed by atoms with Gasteiger partial charge in [-0.15, -0.1) is 0 Å². The summed E-state index contributed by atoms with van der Waals surface area (Å²) >= 11 is 24.4.